The molecular weight excluding hydrogens is 286 g/mol. The molecule has 0 radical (unpaired) electrons. The molecule has 1 unspecified atom stereocenters. The maximum atomic E-state index is 6.39. The number of fused-ring (bicyclic) bond motifs is 1. The SMILES string of the molecule is NC(Cc1ccc(Cl)cc1)c1cc2c(s1)CCCCC2. The van der Waals surface area contributed by atoms with Crippen LogP contribution in [0.15, 0.2) is 30.3 Å². The molecular formula is C17H20ClNS. The van der Waals surface area contributed by atoms with Crippen LogP contribution in [0, 0.1) is 0 Å². The van der Waals surface area contributed by atoms with Crippen LogP contribution in [0.3, 0.4) is 0 Å². The van der Waals surface area contributed by atoms with Gasteiger partial charge < -0.3 is 5.73 Å². The fourth-order valence-corrected chi connectivity index (χ4v) is 4.23. The molecule has 1 nitrogen and oxygen atoms in total. The van der Waals surface area contributed by atoms with Crippen LogP contribution < -0.4 is 5.73 Å². The van der Waals surface area contributed by atoms with Gasteiger partial charge in [0.1, 0.15) is 0 Å². The van der Waals surface area contributed by atoms with E-state index in [4.69, 9.17) is 17.3 Å². The third-order valence-corrected chi connectivity index (χ3v) is 5.62. The van der Waals surface area contributed by atoms with Gasteiger partial charge in [-0.25, -0.2) is 0 Å². The van der Waals surface area contributed by atoms with Gasteiger partial charge in [-0.15, -0.1) is 11.3 Å². The normalized spacial score (nSPS) is 16.5. The second-order valence-corrected chi connectivity index (χ2v) is 7.20. The number of benzene rings is 1. The molecule has 2 aromatic rings. The molecule has 1 aliphatic rings. The van der Waals surface area contributed by atoms with Gasteiger partial charge in [-0.05, 0) is 61.4 Å². The number of hydrogen-bond donors (Lipinski definition) is 1. The monoisotopic (exact) mass is 305 g/mol. The summed E-state index contributed by atoms with van der Waals surface area (Å²) in [4.78, 5) is 2.91. The molecule has 0 saturated carbocycles. The molecule has 3 heteroatoms. The van der Waals surface area contributed by atoms with Gasteiger partial charge in [0.05, 0.1) is 0 Å². The predicted octanol–water partition coefficient (Wildman–Crippen LogP) is 4.91. The Bertz CT molecular complexity index is 550. The highest BCUT2D eigenvalue weighted by Gasteiger charge is 2.16. The summed E-state index contributed by atoms with van der Waals surface area (Å²) in [6.45, 7) is 0. The van der Waals surface area contributed by atoms with Crippen molar-refractivity contribution in [1.29, 1.82) is 0 Å². The lowest BCUT2D eigenvalue weighted by atomic mass is 10.0. The van der Waals surface area contributed by atoms with Gasteiger partial charge in [-0.1, -0.05) is 30.2 Å². The van der Waals surface area contributed by atoms with E-state index < -0.39 is 0 Å². The number of thiophene rings is 1. The molecule has 0 fully saturated rings. The lowest BCUT2D eigenvalue weighted by Gasteiger charge is -2.09. The number of halogens is 1. The van der Waals surface area contributed by atoms with Crippen LogP contribution in [0.1, 0.15) is 46.2 Å². The third-order valence-electron chi connectivity index (χ3n) is 4.00. The van der Waals surface area contributed by atoms with Crippen molar-refractivity contribution < 1.29 is 0 Å². The van der Waals surface area contributed by atoms with Gasteiger partial charge >= 0.3 is 0 Å². The molecule has 0 bridgehead atoms. The zero-order chi connectivity index (χ0) is 13.9. The Hall–Kier alpha value is -0.830. The Morgan fingerprint density at radius 3 is 2.65 bits per heavy atom. The van der Waals surface area contributed by atoms with Crippen molar-refractivity contribution in [1.82, 2.24) is 0 Å². The molecule has 1 aromatic carbocycles. The fourth-order valence-electron chi connectivity index (χ4n) is 2.85. The van der Waals surface area contributed by atoms with Crippen molar-refractivity contribution in [3.05, 3.63) is 56.2 Å². The van der Waals surface area contributed by atoms with E-state index in [1.807, 2.05) is 23.5 Å². The van der Waals surface area contributed by atoms with Crippen LogP contribution in [0.4, 0.5) is 0 Å². The largest absolute Gasteiger partial charge is 0.323 e. The summed E-state index contributed by atoms with van der Waals surface area (Å²) in [7, 11) is 0. The first-order valence-corrected chi connectivity index (χ1v) is 8.53. The van der Waals surface area contributed by atoms with Crippen LogP contribution in [-0.2, 0) is 19.3 Å². The first-order valence-electron chi connectivity index (χ1n) is 7.34. The van der Waals surface area contributed by atoms with Crippen molar-refractivity contribution >= 4 is 22.9 Å². The second kappa shape index (κ2) is 6.30. The highest BCUT2D eigenvalue weighted by molar-refractivity contribution is 7.12. The number of aryl methyl sites for hydroxylation is 2. The highest BCUT2D eigenvalue weighted by atomic mass is 35.5. The van der Waals surface area contributed by atoms with Crippen LogP contribution in [-0.4, -0.2) is 0 Å². The lowest BCUT2D eigenvalue weighted by molar-refractivity contribution is 0.709. The van der Waals surface area contributed by atoms with E-state index in [1.54, 1.807) is 10.4 Å². The molecule has 1 heterocycles. The van der Waals surface area contributed by atoms with E-state index in [-0.39, 0.29) is 6.04 Å². The van der Waals surface area contributed by atoms with Crippen LogP contribution in [0.5, 0.6) is 0 Å². The summed E-state index contributed by atoms with van der Waals surface area (Å²) in [5, 5.41) is 0.783. The van der Waals surface area contributed by atoms with Gasteiger partial charge in [0.15, 0.2) is 0 Å². The van der Waals surface area contributed by atoms with E-state index in [0.717, 1.165) is 11.4 Å². The van der Waals surface area contributed by atoms with Gasteiger partial charge in [-0.3, -0.25) is 0 Å². The average Bonchev–Trinajstić information content (AvgIpc) is 2.73. The molecule has 1 atom stereocenters. The van der Waals surface area contributed by atoms with Crippen molar-refractivity contribution in [2.45, 2.75) is 44.6 Å². The summed E-state index contributed by atoms with van der Waals surface area (Å²) in [5.41, 5.74) is 9.20. The number of hydrogen-bond acceptors (Lipinski definition) is 2. The minimum absolute atomic E-state index is 0.105. The van der Waals surface area contributed by atoms with Gasteiger partial charge in [0, 0.05) is 20.8 Å². The Morgan fingerprint density at radius 1 is 1.10 bits per heavy atom. The smallest absolute Gasteiger partial charge is 0.0430 e. The molecule has 3 rings (SSSR count). The molecule has 0 amide bonds. The van der Waals surface area contributed by atoms with Gasteiger partial charge in [-0.2, -0.15) is 0 Å². The quantitative estimate of drug-likeness (QED) is 0.801. The third kappa shape index (κ3) is 3.25. The standard InChI is InChI=1S/C17H20ClNS/c18-14-8-6-12(7-9-14)10-15(19)17-11-13-4-2-1-3-5-16(13)20-17/h6-9,11,15H,1-5,10,19H2. The molecule has 0 spiro atoms. The van der Waals surface area contributed by atoms with E-state index in [2.05, 4.69) is 18.2 Å². The van der Waals surface area contributed by atoms with E-state index in [1.165, 1.54) is 42.5 Å². The molecule has 0 saturated heterocycles. The molecule has 20 heavy (non-hydrogen) atoms. The van der Waals surface area contributed by atoms with E-state index >= 15 is 0 Å². The van der Waals surface area contributed by atoms with Gasteiger partial charge in [0.25, 0.3) is 0 Å². The Kier molecular flexibility index (Phi) is 4.45. The Balaban J connectivity index is 1.73. The maximum absolute atomic E-state index is 6.39. The summed E-state index contributed by atoms with van der Waals surface area (Å²) in [6, 6.07) is 10.5. The first-order chi connectivity index (χ1) is 9.72. The predicted molar refractivity (Wildman–Crippen MR) is 87.7 cm³/mol. The van der Waals surface area contributed by atoms with E-state index in [0.29, 0.717) is 0 Å². The van der Waals surface area contributed by atoms with Gasteiger partial charge in [0.2, 0.25) is 0 Å². The lowest BCUT2D eigenvalue weighted by Crippen LogP contribution is -2.11. The first kappa shape index (κ1) is 14.1. The minimum Gasteiger partial charge on any atom is -0.323 e. The topological polar surface area (TPSA) is 26.0 Å². The minimum atomic E-state index is 0.105. The molecule has 2 N–H and O–H groups in total. The van der Waals surface area contributed by atoms with Crippen LogP contribution in [0.2, 0.25) is 5.02 Å². The summed E-state index contributed by atoms with van der Waals surface area (Å²) < 4.78 is 0. The Morgan fingerprint density at radius 2 is 1.85 bits per heavy atom. The summed E-state index contributed by atoms with van der Waals surface area (Å²) >= 11 is 7.85. The van der Waals surface area contributed by atoms with E-state index in [9.17, 15) is 0 Å². The van der Waals surface area contributed by atoms with Crippen molar-refractivity contribution in [2.24, 2.45) is 5.73 Å². The van der Waals surface area contributed by atoms with Crippen LogP contribution in [0.25, 0.3) is 0 Å². The number of nitrogens with two attached hydrogens (primary N) is 1. The van der Waals surface area contributed by atoms with Crippen molar-refractivity contribution in [2.75, 3.05) is 0 Å². The summed E-state index contributed by atoms with van der Waals surface area (Å²) in [6.07, 6.45) is 7.40. The molecule has 0 aliphatic heterocycles. The van der Waals surface area contributed by atoms with Crippen molar-refractivity contribution in [3.63, 3.8) is 0 Å². The van der Waals surface area contributed by atoms with Crippen molar-refractivity contribution in [3.8, 4) is 0 Å². The molecule has 1 aliphatic carbocycles. The molecule has 1 aromatic heterocycles. The average molecular weight is 306 g/mol. The highest BCUT2D eigenvalue weighted by Crippen LogP contribution is 2.32. The second-order valence-electron chi connectivity index (χ2n) is 5.59. The van der Waals surface area contributed by atoms with Crippen LogP contribution >= 0.6 is 22.9 Å². The summed E-state index contributed by atoms with van der Waals surface area (Å²) in [5.74, 6) is 0. The fraction of sp³-hybridized carbons (Fsp3) is 0.412. The maximum Gasteiger partial charge on any atom is 0.0430 e. The molecule has 106 valence electrons. The zero-order valence-corrected chi connectivity index (χ0v) is 13.1. The zero-order valence-electron chi connectivity index (χ0n) is 11.6. The Labute approximate surface area is 129 Å². The number of rotatable bonds is 3.